The second-order valence-electron chi connectivity index (χ2n) is 18.7. The van der Waals surface area contributed by atoms with Crippen molar-refractivity contribution in [2.75, 3.05) is 32.7 Å². The van der Waals surface area contributed by atoms with Crippen LogP contribution in [0.1, 0.15) is 44.2 Å². The third-order valence-electron chi connectivity index (χ3n) is 13.7. The number of halogens is 1. The number of carbonyl (C=O) groups excluding carboxylic acids is 1. The van der Waals surface area contributed by atoms with Gasteiger partial charge in [-0.15, -0.1) is 12.4 Å². The number of aromatic amines is 2. The van der Waals surface area contributed by atoms with E-state index in [0.29, 0.717) is 50.5 Å². The van der Waals surface area contributed by atoms with Gasteiger partial charge in [0.05, 0.1) is 20.8 Å². The molecule has 0 saturated carbocycles. The van der Waals surface area contributed by atoms with Crippen LogP contribution in [0, 0.1) is 0 Å². The molecule has 0 bridgehead atoms. The Bertz CT molecular complexity index is 3780. The monoisotopic (exact) mass is 1090 g/mol. The predicted molar refractivity (Wildman–Crippen MR) is 308 cm³/mol. The minimum absolute atomic E-state index is 0. The summed E-state index contributed by atoms with van der Waals surface area (Å²) in [5.41, 5.74) is 3.64. The Morgan fingerprint density at radius 2 is 0.961 bits per heavy atom. The third kappa shape index (κ3) is 13.1. The standard InChI is InChI=1S/C30H29N3O3S.C22H21N3O3S.C8H8O.CH4.ClH/c34-37(35,29-12-6-10-23-9-4-5-11-26(23)29)30-27-21-25(13-14-28(27)31-32-30)36-24-16-19-33(20-17-24)18-15-22-7-2-1-3-8-22;26-29(27,21-7-3-5-15-4-1-2-6-18(15)21)22-19-14-17(8-9-20(19)24-25-22)28-16-10-12-23-13-11-16;9-7-6-8-4-2-1-3-5-8;;/h1-14,21,24H,15-20H2,(H,31,32);1-9,14,16,23H,10-13H2,(H,24,25);1-5,7H,6H2;1H4;1H. The van der Waals surface area contributed by atoms with Crippen molar-refractivity contribution in [3.05, 3.63) is 193 Å². The van der Waals surface area contributed by atoms with Crippen LogP contribution >= 0.6 is 12.4 Å². The molecule has 8 aromatic carbocycles. The Labute approximate surface area is 456 Å². The number of H-pyrrole nitrogens is 2. The van der Waals surface area contributed by atoms with E-state index in [9.17, 15) is 21.6 Å². The van der Waals surface area contributed by atoms with E-state index in [2.05, 4.69) is 60.9 Å². The molecule has 0 unspecified atom stereocenters. The number of likely N-dealkylation sites (tertiary alicyclic amines) is 1. The van der Waals surface area contributed by atoms with Crippen molar-refractivity contribution in [3.63, 3.8) is 0 Å². The van der Waals surface area contributed by atoms with Crippen LogP contribution in [-0.4, -0.2) is 93.3 Å². The Morgan fingerprint density at radius 1 is 0.519 bits per heavy atom. The number of fused-ring (bicyclic) bond motifs is 4. The summed E-state index contributed by atoms with van der Waals surface area (Å²) >= 11 is 0. The number of aromatic nitrogens is 4. The molecule has 0 radical (unpaired) electrons. The van der Waals surface area contributed by atoms with Crippen molar-refractivity contribution >= 4 is 81.7 Å². The number of nitrogens with zero attached hydrogens (tertiary/aromatic N) is 3. The van der Waals surface area contributed by atoms with E-state index in [0.717, 1.165) is 87.4 Å². The van der Waals surface area contributed by atoms with E-state index in [1.54, 1.807) is 42.5 Å². The summed E-state index contributed by atoms with van der Waals surface area (Å²) in [6, 6.07) is 56.8. The summed E-state index contributed by atoms with van der Waals surface area (Å²) in [5.74, 6) is 1.34. The van der Waals surface area contributed by atoms with E-state index in [4.69, 9.17) is 9.47 Å². The highest BCUT2D eigenvalue weighted by Gasteiger charge is 2.28. The molecule has 77 heavy (non-hydrogen) atoms. The van der Waals surface area contributed by atoms with Gasteiger partial charge in [0.1, 0.15) is 30.0 Å². The number of hydrogen-bond acceptors (Lipinski definition) is 11. The molecular formula is C61H63ClN6O7S2. The zero-order chi connectivity index (χ0) is 51.6. The van der Waals surface area contributed by atoms with Gasteiger partial charge >= 0.3 is 0 Å². The highest BCUT2D eigenvalue weighted by Crippen LogP contribution is 2.35. The number of aldehydes is 1. The molecule has 0 spiro atoms. The summed E-state index contributed by atoms with van der Waals surface area (Å²) in [6.45, 7) is 4.89. The molecule has 2 aliphatic rings. The van der Waals surface area contributed by atoms with E-state index >= 15 is 0 Å². The fourth-order valence-electron chi connectivity index (χ4n) is 9.76. The molecule has 4 heterocycles. The van der Waals surface area contributed by atoms with Gasteiger partial charge in [-0.3, -0.25) is 10.2 Å². The molecule has 398 valence electrons. The first kappa shape index (κ1) is 55.8. The molecule has 16 heteroatoms. The highest BCUT2D eigenvalue weighted by atomic mass is 35.5. The Balaban J connectivity index is 0.000000175. The smallest absolute Gasteiger partial charge is 0.224 e. The maximum atomic E-state index is 13.7. The average molecular weight is 1090 g/mol. The number of ether oxygens (including phenoxy) is 2. The lowest BCUT2D eigenvalue weighted by molar-refractivity contribution is -0.107. The van der Waals surface area contributed by atoms with Gasteiger partial charge in [-0.1, -0.05) is 141 Å². The highest BCUT2D eigenvalue weighted by molar-refractivity contribution is 7.92. The second-order valence-corrected chi connectivity index (χ2v) is 22.5. The van der Waals surface area contributed by atoms with Crippen LogP contribution < -0.4 is 14.8 Å². The van der Waals surface area contributed by atoms with E-state index in [1.807, 2.05) is 109 Å². The van der Waals surface area contributed by atoms with Crippen molar-refractivity contribution < 1.29 is 31.1 Å². The second kappa shape index (κ2) is 25.6. The lowest BCUT2D eigenvalue weighted by Gasteiger charge is -2.32. The summed E-state index contributed by atoms with van der Waals surface area (Å²) in [5, 5.41) is 21.8. The van der Waals surface area contributed by atoms with Crippen molar-refractivity contribution in [2.45, 2.75) is 78.0 Å². The van der Waals surface area contributed by atoms with Gasteiger partial charge in [0.25, 0.3) is 0 Å². The van der Waals surface area contributed by atoms with Crippen molar-refractivity contribution in [2.24, 2.45) is 0 Å². The average Bonchev–Trinajstić information content (AvgIpc) is 4.10. The van der Waals surface area contributed by atoms with Gasteiger partial charge in [-0.2, -0.15) is 10.2 Å². The zero-order valence-electron chi connectivity index (χ0n) is 41.8. The van der Waals surface area contributed by atoms with Crippen molar-refractivity contribution in [1.82, 2.24) is 30.6 Å². The lowest BCUT2D eigenvalue weighted by atomic mass is 10.1. The summed E-state index contributed by atoms with van der Waals surface area (Å²) in [7, 11) is -7.60. The molecule has 0 atom stereocenters. The van der Waals surface area contributed by atoms with Gasteiger partial charge in [0.2, 0.25) is 19.7 Å². The van der Waals surface area contributed by atoms with Crippen molar-refractivity contribution in [3.8, 4) is 11.5 Å². The maximum Gasteiger partial charge on any atom is 0.224 e. The van der Waals surface area contributed by atoms with Gasteiger partial charge in [-0.05, 0) is 116 Å². The quantitative estimate of drug-likeness (QED) is 0.0937. The number of benzene rings is 8. The third-order valence-corrected chi connectivity index (χ3v) is 17.3. The normalized spacial score (nSPS) is 14.3. The predicted octanol–water partition coefficient (Wildman–Crippen LogP) is 11.8. The van der Waals surface area contributed by atoms with Crippen LogP contribution in [0.2, 0.25) is 0 Å². The Morgan fingerprint density at radius 3 is 1.45 bits per heavy atom. The minimum atomic E-state index is -3.82. The first-order chi connectivity index (χ1) is 36.6. The molecule has 2 fully saturated rings. The SMILES string of the molecule is C.Cl.O=CCc1ccccc1.O=S(=O)(c1cccc2ccccc12)c1[nH]nc2ccc(OC3CCN(CCc4ccccc4)CC3)cc12.O=S(=O)(c1cccc2ccccc12)c1[nH]nc2ccc(OC3CCNCC3)cc12. The van der Waals surface area contributed by atoms with Gasteiger partial charge in [0.15, 0.2) is 10.1 Å². The number of hydrogen-bond donors (Lipinski definition) is 3. The molecule has 0 aliphatic carbocycles. The van der Waals surface area contributed by atoms with E-state index in [1.165, 1.54) is 5.56 Å². The van der Waals surface area contributed by atoms with Crippen LogP contribution in [-0.2, 0) is 37.3 Å². The Hall–Kier alpha value is -7.40. The summed E-state index contributed by atoms with van der Waals surface area (Å²) in [4.78, 5) is 13.0. The number of piperidine rings is 2. The molecule has 12 rings (SSSR count). The molecule has 2 saturated heterocycles. The fourth-order valence-corrected chi connectivity index (χ4v) is 12.9. The van der Waals surface area contributed by atoms with Gasteiger partial charge in [-0.25, -0.2) is 16.8 Å². The first-order valence-electron chi connectivity index (χ1n) is 25.3. The van der Waals surface area contributed by atoms with Crippen LogP contribution in [0.4, 0.5) is 0 Å². The summed E-state index contributed by atoms with van der Waals surface area (Å²) in [6.07, 6.45) is 6.50. The number of sulfone groups is 2. The summed E-state index contributed by atoms with van der Waals surface area (Å²) < 4.78 is 66.8. The fraction of sp³-hybridized carbons (Fsp3) is 0.230. The number of carbonyl (C=O) groups is 1. The van der Waals surface area contributed by atoms with E-state index < -0.39 is 19.7 Å². The first-order valence-corrected chi connectivity index (χ1v) is 28.3. The van der Waals surface area contributed by atoms with Crippen LogP contribution in [0.3, 0.4) is 0 Å². The topological polar surface area (TPSA) is 176 Å². The molecular weight excluding hydrogens is 1030 g/mol. The van der Waals surface area contributed by atoms with Crippen LogP contribution in [0.25, 0.3) is 43.4 Å². The minimum Gasteiger partial charge on any atom is -0.490 e. The van der Waals surface area contributed by atoms with Gasteiger partial charge < -0.3 is 24.5 Å². The Kier molecular flexibility index (Phi) is 18.6. The van der Waals surface area contributed by atoms with E-state index in [-0.39, 0.29) is 51.9 Å². The van der Waals surface area contributed by atoms with Crippen LogP contribution in [0.15, 0.2) is 202 Å². The van der Waals surface area contributed by atoms with Crippen LogP contribution in [0.5, 0.6) is 11.5 Å². The molecule has 3 N–H and O–H groups in total. The molecule has 0 amide bonds. The number of rotatable bonds is 13. The molecule has 13 nitrogen and oxygen atoms in total. The molecule has 10 aromatic rings. The lowest BCUT2D eigenvalue weighted by Crippen LogP contribution is -2.39. The zero-order valence-corrected chi connectivity index (χ0v) is 44.2. The molecule has 2 aliphatic heterocycles. The maximum absolute atomic E-state index is 13.7. The molecule has 2 aromatic heterocycles. The van der Waals surface area contributed by atoms with Crippen molar-refractivity contribution in [1.29, 1.82) is 0 Å². The largest absolute Gasteiger partial charge is 0.490 e. The number of nitrogens with one attached hydrogen (secondary N) is 3. The van der Waals surface area contributed by atoms with Gasteiger partial charge in [0, 0.05) is 47.6 Å².